The van der Waals surface area contributed by atoms with Gasteiger partial charge in [0.2, 0.25) is 7.37 Å². The van der Waals surface area contributed by atoms with Gasteiger partial charge < -0.3 is 15.1 Å². The standard InChI is InChI=1S/C16H20FO6P/c1-2-3-14(10-11(16(20)21)4-9-15(18)19)24(22,23)13-7-5-12(17)6-8-13/h2-3,5-8,11,14H,4,9-10H2,1H3,(H,18,19)(H,20,21)(H,22,23)/b3-2+. The van der Waals surface area contributed by atoms with Crippen LogP contribution in [0.25, 0.3) is 0 Å². The summed E-state index contributed by atoms with van der Waals surface area (Å²) in [5.41, 5.74) is -0.997. The first-order valence-electron chi connectivity index (χ1n) is 7.34. The molecule has 3 atom stereocenters. The highest BCUT2D eigenvalue weighted by molar-refractivity contribution is 7.67. The number of carboxylic acids is 2. The minimum absolute atomic E-state index is 0.0226. The smallest absolute Gasteiger partial charge is 0.306 e. The molecule has 0 fully saturated rings. The van der Waals surface area contributed by atoms with Gasteiger partial charge in [-0.1, -0.05) is 12.2 Å². The molecule has 1 aromatic rings. The summed E-state index contributed by atoms with van der Waals surface area (Å²) in [6.45, 7) is 1.63. The molecule has 0 heterocycles. The average Bonchev–Trinajstić information content (AvgIpc) is 2.50. The van der Waals surface area contributed by atoms with E-state index in [1.807, 2.05) is 0 Å². The number of benzene rings is 1. The Bertz CT molecular complexity index is 655. The van der Waals surface area contributed by atoms with Crippen molar-refractivity contribution in [3.05, 3.63) is 42.2 Å². The molecule has 132 valence electrons. The van der Waals surface area contributed by atoms with Crippen molar-refractivity contribution >= 4 is 24.6 Å². The summed E-state index contributed by atoms with van der Waals surface area (Å²) in [6, 6.07) is 4.51. The molecule has 0 saturated heterocycles. The van der Waals surface area contributed by atoms with Crippen molar-refractivity contribution in [3.63, 3.8) is 0 Å². The third-order valence-corrected chi connectivity index (χ3v) is 5.96. The van der Waals surface area contributed by atoms with Crippen LogP contribution in [0.4, 0.5) is 4.39 Å². The van der Waals surface area contributed by atoms with E-state index in [2.05, 4.69) is 0 Å². The molecule has 1 rings (SSSR count). The predicted molar refractivity (Wildman–Crippen MR) is 87.1 cm³/mol. The number of aliphatic carboxylic acids is 2. The number of hydrogen-bond acceptors (Lipinski definition) is 3. The fourth-order valence-electron chi connectivity index (χ4n) is 2.34. The number of allylic oxidation sites excluding steroid dienone is 2. The van der Waals surface area contributed by atoms with Gasteiger partial charge in [-0.05, 0) is 44.0 Å². The summed E-state index contributed by atoms with van der Waals surface area (Å²) in [4.78, 5) is 32.4. The highest BCUT2D eigenvalue weighted by Crippen LogP contribution is 2.48. The van der Waals surface area contributed by atoms with Crippen LogP contribution >= 0.6 is 7.37 Å². The van der Waals surface area contributed by atoms with Gasteiger partial charge in [-0.3, -0.25) is 14.2 Å². The van der Waals surface area contributed by atoms with Gasteiger partial charge in [0.1, 0.15) is 5.82 Å². The second kappa shape index (κ2) is 8.76. The lowest BCUT2D eigenvalue weighted by Gasteiger charge is -2.23. The van der Waals surface area contributed by atoms with Gasteiger partial charge in [0.15, 0.2) is 0 Å². The third kappa shape index (κ3) is 5.58. The van der Waals surface area contributed by atoms with Crippen molar-refractivity contribution in [2.45, 2.75) is 31.8 Å². The number of rotatable bonds is 9. The number of carbonyl (C=O) groups is 2. The van der Waals surface area contributed by atoms with Gasteiger partial charge in [0.05, 0.1) is 11.6 Å². The molecule has 0 radical (unpaired) electrons. The number of hydrogen-bond donors (Lipinski definition) is 3. The van der Waals surface area contributed by atoms with Crippen molar-refractivity contribution in [1.82, 2.24) is 0 Å². The zero-order valence-electron chi connectivity index (χ0n) is 13.1. The minimum Gasteiger partial charge on any atom is -0.481 e. The quantitative estimate of drug-likeness (QED) is 0.462. The van der Waals surface area contributed by atoms with Crippen molar-refractivity contribution in [1.29, 1.82) is 0 Å². The highest BCUT2D eigenvalue weighted by atomic mass is 31.2. The van der Waals surface area contributed by atoms with E-state index in [1.165, 1.54) is 24.3 Å². The van der Waals surface area contributed by atoms with Gasteiger partial charge in [-0.2, -0.15) is 0 Å². The Morgan fingerprint density at radius 2 is 1.83 bits per heavy atom. The Morgan fingerprint density at radius 1 is 1.25 bits per heavy atom. The fourth-order valence-corrected chi connectivity index (χ4v) is 4.24. The van der Waals surface area contributed by atoms with Crippen LogP contribution in [0.2, 0.25) is 0 Å². The third-order valence-electron chi connectivity index (χ3n) is 3.64. The van der Waals surface area contributed by atoms with E-state index in [4.69, 9.17) is 5.11 Å². The van der Waals surface area contributed by atoms with E-state index in [-0.39, 0.29) is 24.6 Å². The molecule has 0 saturated carbocycles. The summed E-state index contributed by atoms with van der Waals surface area (Å²) >= 11 is 0. The predicted octanol–water partition coefficient (Wildman–Crippen LogP) is 2.62. The maximum Gasteiger partial charge on any atom is 0.306 e. The second-order valence-electron chi connectivity index (χ2n) is 5.40. The van der Waals surface area contributed by atoms with E-state index < -0.39 is 36.7 Å². The second-order valence-corrected chi connectivity index (χ2v) is 7.82. The topological polar surface area (TPSA) is 112 Å². The van der Waals surface area contributed by atoms with Crippen LogP contribution in [0.5, 0.6) is 0 Å². The highest BCUT2D eigenvalue weighted by Gasteiger charge is 2.35. The average molecular weight is 358 g/mol. The largest absolute Gasteiger partial charge is 0.481 e. The number of halogens is 1. The lowest BCUT2D eigenvalue weighted by Crippen LogP contribution is -2.24. The molecule has 24 heavy (non-hydrogen) atoms. The Labute approximate surface area is 139 Å². The summed E-state index contributed by atoms with van der Waals surface area (Å²) in [6.07, 6.45) is 2.31. The molecule has 0 aliphatic heterocycles. The van der Waals surface area contributed by atoms with E-state index >= 15 is 0 Å². The molecule has 0 spiro atoms. The van der Waals surface area contributed by atoms with Crippen molar-refractivity contribution in [3.8, 4) is 0 Å². The summed E-state index contributed by atoms with van der Waals surface area (Å²) in [5.74, 6) is -3.96. The van der Waals surface area contributed by atoms with Crippen molar-refractivity contribution < 1.29 is 33.7 Å². The zero-order valence-corrected chi connectivity index (χ0v) is 14.0. The van der Waals surface area contributed by atoms with Crippen LogP contribution in [0, 0.1) is 11.7 Å². The van der Waals surface area contributed by atoms with Crippen LogP contribution < -0.4 is 5.30 Å². The van der Waals surface area contributed by atoms with Crippen LogP contribution in [-0.2, 0) is 14.2 Å². The van der Waals surface area contributed by atoms with Gasteiger partial charge in [-0.25, -0.2) is 4.39 Å². The first-order valence-corrected chi connectivity index (χ1v) is 9.07. The summed E-state index contributed by atoms with van der Waals surface area (Å²) < 4.78 is 25.8. The van der Waals surface area contributed by atoms with Crippen LogP contribution in [0.1, 0.15) is 26.2 Å². The van der Waals surface area contributed by atoms with Crippen LogP contribution in [-0.4, -0.2) is 32.7 Å². The summed E-state index contributed by atoms with van der Waals surface area (Å²) in [7, 11) is -4.00. The van der Waals surface area contributed by atoms with Crippen LogP contribution in [0.3, 0.4) is 0 Å². The van der Waals surface area contributed by atoms with E-state index in [1.54, 1.807) is 6.92 Å². The molecule has 0 aromatic heterocycles. The van der Waals surface area contributed by atoms with Gasteiger partial charge in [0.25, 0.3) is 0 Å². The molecule has 6 nitrogen and oxygen atoms in total. The molecule has 3 unspecified atom stereocenters. The van der Waals surface area contributed by atoms with Crippen molar-refractivity contribution in [2.24, 2.45) is 5.92 Å². The van der Waals surface area contributed by atoms with Gasteiger partial charge >= 0.3 is 11.9 Å². The molecule has 0 aliphatic carbocycles. The molecule has 1 aromatic carbocycles. The maximum absolute atomic E-state index is 13.0. The number of carboxylic acid groups (broad SMARTS) is 2. The summed E-state index contributed by atoms with van der Waals surface area (Å²) in [5, 5.41) is 18.0. The first kappa shape index (κ1) is 20.1. The Morgan fingerprint density at radius 3 is 2.29 bits per heavy atom. The zero-order chi connectivity index (χ0) is 18.3. The first-order chi connectivity index (χ1) is 11.2. The Hall–Kier alpha value is -1.98. The lowest BCUT2D eigenvalue weighted by atomic mass is 9.97. The van der Waals surface area contributed by atoms with E-state index in [9.17, 15) is 28.5 Å². The van der Waals surface area contributed by atoms with E-state index in [0.717, 1.165) is 12.1 Å². The SMILES string of the molecule is C/C=C/C(CC(CCC(=O)O)C(=O)O)P(=O)(O)c1ccc(F)cc1. The monoisotopic (exact) mass is 358 g/mol. The minimum atomic E-state index is -4.00. The van der Waals surface area contributed by atoms with Gasteiger partial charge in [-0.15, -0.1) is 0 Å². The molecular weight excluding hydrogens is 338 g/mol. The Kier molecular flexibility index (Phi) is 7.32. The van der Waals surface area contributed by atoms with E-state index in [0.29, 0.717) is 0 Å². The molecule has 0 aliphatic rings. The molecular formula is C16H20FO6P. The van der Waals surface area contributed by atoms with Crippen LogP contribution in [0.15, 0.2) is 36.4 Å². The van der Waals surface area contributed by atoms with Gasteiger partial charge in [0, 0.05) is 11.7 Å². The fraction of sp³-hybridized carbons (Fsp3) is 0.375. The molecule has 0 bridgehead atoms. The van der Waals surface area contributed by atoms with Crippen molar-refractivity contribution in [2.75, 3.05) is 0 Å². The molecule has 0 amide bonds. The normalized spacial score (nSPS) is 16.5. The molecule has 8 heteroatoms. The Balaban J connectivity index is 3.06. The lowest BCUT2D eigenvalue weighted by molar-refractivity contribution is -0.143. The maximum atomic E-state index is 13.0. The molecule has 3 N–H and O–H groups in total.